The number of allylic oxidation sites excluding steroid dienone is 2. The largest absolute Gasteiger partial charge is 0.333 e. The van der Waals surface area contributed by atoms with Crippen LogP contribution in [0.15, 0.2) is 182 Å². The Hall–Kier alpha value is -6.12. The molecule has 0 bridgehead atoms. The SMILES string of the molecule is C1=CC2C(C=C1c1ccccc1-c1ccc3c(c1)c1ccccc1n3-c1ccccc1)c1ccccc1N2c1cccc2ccccc12. The third-order valence-electron chi connectivity index (χ3n) is 10.3. The number of aromatic nitrogens is 1. The summed E-state index contributed by atoms with van der Waals surface area (Å²) in [5.74, 6) is 0.250. The molecule has 0 saturated heterocycles. The molecule has 48 heavy (non-hydrogen) atoms. The third-order valence-corrected chi connectivity index (χ3v) is 10.3. The Bertz CT molecular complexity index is 2580. The molecule has 0 spiro atoms. The van der Waals surface area contributed by atoms with E-state index in [0.29, 0.717) is 0 Å². The standard InChI is InChI=1S/C46H32N2/c1-2-15-34(16-3-1)47-43-22-10-8-20-38(43)40-29-32(25-27-45(40)47)35-17-6-7-18-36(35)33-26-28-46-41(30-33)39-21-9-11-23-44(39)48(46)42-24-12-14-31-13-4-5-19-37(31)42/h1-30,41,46H. The maximum atomic E-state index is 2.55. The lowest BCUT2D eigenvalue weighted by molar-refractivity contribution is 0.748. The summed E-state index contributed by atoms with van der Waals surface area (Å²) in [6.45, 7) is 0. The van der Waals surface area contributed by atoms with E-state index >= 15 is 0 Å². The Balaban J connectivity index is 1.09. The summed E-state index contributed by atoms with van der Waals surface area (Å²) in [7, 11) is 0. The lowest BCUT2D eigenvalue weighted by Gasteiger charge is -2.31. The van der Waals surface area contributed by atoms with E-state index in [-0.39, 0.29) is 12.0 Å². The number of hydrogen-bond donors (Lipinski definition) is 0. The first-order valence-electron chi connectivity index (χ1n) is 16.8. The van der Waals surface area contributed by atoms with Gasteiger partial charge in [-0.25, -0.2) is 0 Å². The maximum absolute atomic E-state index is 2.55. The molecule has 226 valence electrons. The Morgan fingerprint density at radius 1 is 0.479 bits per heavy atom. The second-order valence-electron chi connectivity index (χ2n) is 12.9. The van der Waals surface area contributed by atoms with Gasteiger partial charge in [-0.1, -0.05) is 140 Å². The van der Waals surface area contributed by atoms with E-state index in [0.717, 1.165) is 0 Å². The van der Waals surface area contributed by atoms with Gasteiger partial charge in [0, 0.05) is 39.1 Å². The van der Waals surface area contributed by atoms with Gasteiger partial charge in [0.25, 0.3) is 0 Å². The third kappa shape index (κ3) is 4.06. The fourth-order valence-electron chi connectivity index (χ4n) is 8.21. The van der Waals surface area contributed by atoms with Crippen molar-refractivity contribution in [1.82, 2.24) is 4.57 Å². The van der Waals surface area contributed by atoms with E-state index < -0.39 is 0 Å². The fourth-order valence-corrected chi connectivity index (χ4v) is 8.21. The first-order valence-corrected chi connectivity index (χ1v) is 16.8. The van der Waals surface area contributed by atoms with Crippen LogP contribution in [0.25, 0.3) is 55.0 Å². The van der Waals surface area contributed by atoms with Crippen molar-refractivity contribution in [1.29, 1.82) is 0 Å². The van der Waals surface area contributed by atoms with Crippen LogP contribution in [0.2, 0.25) is 0 Å². The van der Waals surface area contributed by atoms with E-state index in [2.05, 4.69) is 191 Å². The Morgan fingerprint density at radius 3 is 2.08 bits per heavy atom. The average Bonchev–Trinajstić information content (AvgIpc) is 3.67. The van der Waals surface area contributed by atoms with Crippen LogP contribution < -0.4 is 4.90 Å². The summed E-state index contributed by atoms with van der Waals surface area (Å²) < 4.78 is 2.38. The van der Waals surface area contributed by atoms with Crippen LogP contribution in [-0.2, 0) is 0 Å². The molecule has 2 atom stereocenters. The van der Waals surface area contributed by atoms with Crippen molar-refractivity contribution in [2.24, 2.45) is 0 Å². The van der Waals surface area contributed by atoms with E-state index in [4.69, 9.17) is 0 Å². The zero-order valence-corrected chi connectivity index (χ0v) is 26.4. The minimum Gasteiger partial charge on any atom is -0.333 e. The molecule has 10 rings (SSSR count). The molecular weight excluding hydrogens is 581 g/mol. The Morgan fingerprint density at radius 2 is 1.17 bits per heavy atom. The van der Waals surface area contributed by atoms with Crippen molar-refractivity contribution in [2.75, 3.05) is 4.90 Å². The highest BCUT2D eigenvalue weighted by molar-refractivity contribution is 6.11. The zero-order chi connectivity index (χ0) is 31.6. The number of rotatable bonds is 4. The summed E-state index contributed by atoms with van der Waals surface area (Å²) in [5, 5.41) is 5.09. The van der Waals surface area contributed by atoms with Gasteiger partial charge in [0.05, 0.1) is 17.1 Å². The minimum absolute atomic E-state index is 0.213. The lowest BCUT2D eigenvalue weighted by Crippen LogP contribution is -2.29. The number of fused-ring (bicyclic) bond motifs is 7. The van der Waals surface area contributed by atoms with Crippen molar-refractivity contribution in [3.05, 3.63) is 193 Å². The summed E-state index contributed by atoms with van der Waals surface area (Å²) in [4.78, 5) is 2.55. The zero-order valence-electron chi connectivity index (χ0n) is 26.4. The predicted molar refractivity (Wildman–Crippen MR) is 202 cm³/mol. The Kier molecular flexibility index (Phi) is 6.04. The second kappa shape index (κ2) is 10.7. The molecule has 8 aromatic rings. The van der Waals surface area contributed by atoms with Crippen LogP contribution in [0.1, 0.15) is 17.0 Å². The van der Waals surface area contributed by atoms with E-state index in [9.17, 15) is 0 Å². The topological polar surface area (TPSA) is 8.17 Å². The number of nitrogens with zero attached hydrogens (tertiary/aromatic N) is 2. The van der Waals surface area contributed by atoms with Crippen LogP contribution in [0, 0.1) is 0 Å². The molecule has 0 saturated carbocycles. The van der Waals surface area contributed by atoms with Crippen LogP contribution >= 0.6 is 0 Å². The molecule has 2 heteroatoms. The molecule has 2 heterocycles. The molecule has 1 aliphatic heterocycles. The molecule has 7 aromatic carbocycles. The van der Waals surface area contributed by atoms with E-state index in [1.807, 2.05) is 0 Å². The highest BCUT2D eigenvalue weighted by Gasteiger charge is 2.38. The van der Waals surface area contributed by atoms with E-state index in [1.54, 1.807) is 0 Å². The van der Waals surface area contributed by atoms with Gasteiger partial charge in [-0.3, -0.25) is 0 Å². The van der Waals surface area contributed by atoms with E-state index in [1.165, 1.54) is 77.5 Å². The van der Waals surface area contributed by atoms with Crippen molar-refractivity contribution in [2.45, 2.75) is 12.0 Å². The van der Waals surface area contributed by atoms with Crippen molar-refractivity contribution in [3.8, 4) is 16.8 Å². The number of para-hydroxylation sites is 3. The van der Waals surface area contributed by atoms with Gasteiger partial charge in [0.1, 0.15) is 0 Å². The smallest absolute Gasteiger partial charge is 0.0630 e. The summed E-state index contributed by atoms with van der Waals surface area (Å²) in [6, 6.07) is 59.9. The quantitative estimate of drug-likeness (QED) is 0.192. The minimum atomic E-state index is 0.213. The Labute approximate surface area is 280 Å². The monoisotopic (exact) mass is 612 g/mol. The maximum Gasteiger partial charge on any atom is 0.0630 e. The molecule has 1 aromatic heterocycles. The summed E-state index contributed by atoms with van der Waals surface area (Å²) in [6.07, 6.45) is 7.28. The molecule has 2 unspecified atom stereocenters. The fraction of sp³-hybridized carbons (Fsp3) is 0.0435. The highest BCUT2D eigenvalue weighted by atomic mass is 15.2. The number of benzene rings is 7. The van der Waals surface area contributed by atoms with Crippen LogP contribution in [0.4, 0.5) is 11.4 Å². The van der Waals surface area contributed by atoms with Crippen LogP contribution in [0.3, 0.4) is 0 Å². The van der Waals surface area contributed by atoms with Gasteiger partial charge in [0.15, 0.2) is 0 Å². The van der Waals surface area contributed by atoms with Crippen LogP contribution in [-0.4, -0.2) is 10.6 Å². The normalized spacial score (nSPS) is 16.8. The highest BCUT2D eigenvalue weighted by Crippen LogP contribution is 2.51. The predicted octanol–water partition coefficient (Wildman–Crippen LogP) is 11.9. The molecule has 1 aliphatic carbocycles. The van der Waals surface area contributed by atoms with Gasteiger partial charge < -0.3 is 9.47 Å². The average molecular weight is 613 g/mol. The van der Waals surface area contributed by atoms with Gasteiger partial charge in [-0.15, -0.1) is 0 Å². The lowest BCUT2D eigenvalue weighted by atomic mass is 9.84. The van der Waals surface area contributed by atoms with Crippen LogP contribution in [0.5, 0.6) is 0 Å². The van der Waals surface area contributed by atoms with Crippen molar-refractivity contribution < 1.29 is 0 Å². The van der Waals surface area contributed by atoms with Crippen molar-refractivity contribution in [3.63, 3.8) is 0 Å². The van der Waals surface area contributed by atoms with Crippen molar-refractivity contribution >= 4 is 49.5 Å². The molecule has 2 nitrogen and oxygen atoms in total. The molecular formula is C46H32N2. The molecule has 0 fully saturated rings. The second-order valence-corrected chi connectivity index (χ2v) is 12.9. The summed E-state index contributed by atoms with van der Waals surface area (Å²) in [5.41, 5.74) is 12.6. The first kappa shape index (κ1) is 27.0. The molecule has 2 aliphatic rings. The number of hydrogen-bond acceptors (Lipinski definition) is 1. The summed E-state index contributed by atoms with van der Waals surface area (Å²) >= 11 is 0. The molecule has 0 amide bonds. The molecule has 0 radical (unpaired) electrons. The van der Waals surface area contributed by atoms with Gasteiger partial charge in [0.2, 0.25) is 0 Å². The van der Waals surface area contributed by atoms with Gasteiger partial charge >= 0.3 is 0 Å². The van der Waals surface area contributed by atoms with Gasteiger partial charge in [-0.2, -0.15) is 0 Å². The number of anilines is 2. The first-order chi connectivity index (χ1) is 23.8. The van der Waals surface area contributed by atoms with Gasteiger partial charge in [-0.05, 0) is 75.7 Å². The molecule has 0 N–H and O–H groups in total.